The lowest BCUT2D eigenvalue weighted by Crippen LogP contribution is -2.11. The molecule has 2 rings (SSSR count). The molecule has 0 unspecified atom stereocenters. The van der Waals surface area contributed by atoms with Crippen LogP contribution in [-0.2, 0) is 9.53 Å². The number of aromatic nitrogens is 1. The first-order valence-electron chi connectivity index (χ1n) is 6.55. The van der Waals surface area contributed by atoms with E-state index in [4.69, 9.17) is 4.74 Å². The van der Waals surface area contributed by atoms with Crippen LogP contribution >= 0.6 is 0 Å². The number of nitro benzene ring substituents is 1. The summed E-state index contributed by atoms with van der Waals surface area (Å²) in [7, 11) is 0. The second kappa shape index (κ2) is 6.65. The van der Waals surface area contributed by atoms with Crippen LogP contribution in [0.1, 0.15) is 13.3 Å². The van der Waals surface area contributed by atoms with E-state index in [2.05, 4.69) is 10.3 Å². The number of nitrogens with zero attached hydrogens (tertiary/aromatic N) is 2. The molecule has 2 aromatic rings. The highest BCUT2D eigenvalue weighted by Gasteiger charge is 2.14. The summed E-state index contributed by atoms with van der Waals surface area (Å²) in [6, 6.07) is 6.32. The average Bonchev–Trinajstić information content (AvgIpc) is 2.47. The summed E-state index contributed by atoms with van der Waals surface area (Å²) in [5.74, 6) is -0.288. The molecule has 110 valence electrons. The van der Waals surface area contributed by atoms with Gasteiger partial charge in [0, 0.05) is 18.8 Å². The summed E-state index contributed by atoms with van der Waals surface area (Å²) in [6.45, 7) is 2.47. The quantitative estimate of drug-likeness (QED) is 0.499. The Bertz CT molecular complexity index is 672. The van der Waals surface area contributed by atoms with Crippen molar-refractivity contribution in [2.75, 3.05) is 18.5 Å². The van der Waals surface area contributed by atoms with Crippen LogP contribution in [0.5, 0.6) is 0 Å². The molecule has 1 aromatic heterocycles. The van der Waals surface area contributed by atoms with Gasteiger partial charge in [0.05, 0.1) is 29.0 Å². The van der Waals surface area contributed by atoms with Crippen molar-refractivity contribution in [2.45, 2.75) is 13.3 Å². The van der Waals surface area contributed by atoms with Crippen LogP contribution in [0.15, 0.2) is 30.5 Å². The molecule has 0 saturated carbocycles. The zero-order valence-corrected chi connectivity index (χ0v) is 11.5. The first-order chi connectivity index (χ1) is 10.1. The molecule has 1 aromatic carbocycles. The highest BCUT2D eigenvalue weighted by Crippen LogP contribution is 2.29. The lowest BCUT2D eigenvalue weighted by atomic mass is 10.1. The van der Waals surface area contributed by atoms with E-state index in [1.54, 1.807) is 31.3 Å². The number of nitro groups is 1. The predicted octanol–water partition coefficient (Wildman–Crippen LogP) is 2.51. The number of non-ortho nitro benzene ring substituents is 1. The minimum Gasteiger partial charge on any atom is -0.466 e. The van der Waals surface area contributed by atoms with E-state index in [-0.39, 0.29) is 18.1 Å². The van der Waals surface area contributed by atoms with Crippen LogP contribution in [0, 0.1) is 10.1 Å². The van der Waals surface area contributed by atoms with Crippen LogP contribution in [0.2, 0.25) is 0 Å². The van der Waals surface area contributed by atoms with Crippen LogP contribution in [0.3, 0.4) is 0 Å². The van der Waals surface area contributed by atoms with Crippen molar-refractivity contribution < 1.29 is 14.5 Å². The smallest absolute Gasteiger partial charge is 0.307 e. The molecular weight excluding hydrogens is 274 g/mol. The van der Waals surface area contributed by atoms with Crippen molar-refractivity contribution in [3.05, 3.63) is 40.6 Å². The molecular formula is C14H15N3O4. The Labute approximate surface area is 121 Å². The van der Waals surface area contributed by atoms with Crippen molar-refractivity contribution in [2.24, 2.45) is 0 Å². The standard InChI is InChI=1S/C14H15N3O4/c1-2-21-13(18)7-9-15-11-5-6-12(17(19)20)10-4-3-8-16-14(10)11/h3-6,8,15H,2,7,9H2,1H3. The van der Waals surface area contributed by atoms with Crippen LogP contribution in [-0.4, -0.2) is 29.0 Å². The number of carbonyl (C=O) groups is 1. The Morgan fingerprint density at radius 3 is 2.95 bits per heavy atom. The first-order valence-corrected chi connectivity index (χ1v) is 6.55. The van der Waals surface area contributed by atoms with Gasteiger partial charge in [0.15, 0.2) is 0 Å². The number of fused-ring (bicyclic) bond motifs is 1. The van der Waals surface area contributed by atoms with Gasteiger partial charge >= 0.3 is 5.97 Å². The number of nitrogens with one attached hydrogen (secondary N) is 1. The Morgan fingerprint density at radius 1 is 1.43 bits per heavy atom. The number of pyridine rings is 1. The van der Waals surface area contributed by atoms with Gasteiger partial charge in [-0.3, -0.25) is 19.9 Å². The van der Waals surface area contributed by atoms with Crippen molar-refractivity contribution in [1.82, 2.24) is 4.98 Å². The fraction of sp³-hybridized carbons (Fsp3) is 0.286. The van der Waals surface area contributed by atoms with E-state index in [1.807, 2.05) is 0 Å². The molecule has 0 atom stereocenters. The lowest BCUT2D eigenvalue weighted by Gasteiger charge is -2.09. The zero-order valence-electron chi connectivity index (χ0n) is 11.5. The van der Waals surface area contributed by atoms with E-state index in [0.717, 1.165) is 0 Å². The Balaban J connectivity index is 2.20. The molecule has 0 spiro atoms. The highest BCUT2D eigenvalue weighted by molar-refractivity contribution is 5.96. The molecule has 0 amide bonds. The maximum Gasteiger partial charge on any atom is 0.307 e. The van der Waals surface area contributed by atoms with Gasteiger partial charge in [-0.15, -0.1) is 0 Å². The van der Waals surface area contributed by atoms with Gasteiger partial charge in [-0.05, 0) is 25.1 Å². The van der Waals surface area contributed by atoms with Gasteiger partial charge < -0.3 is 10.1 Å². The van der Waals surface area contributed by atoms with Crippen molar-refractivity contribution in [3.8, 4) is 0 Å². The Kier molecular flexibility index (Phi) is 4.65. The number of benzene rings is 1. The molecule has 21 heavy (non-hydrogen) atoms. The first kappa shape index (κ1) is 14.7. The van der Waals surface area contributed by atoms with Gasteiger partial charge in [-0.2, -0.15) is 0 Å². The fourth-order valence-electron chi connectivity index (χ4n) is 1.99. The summed E-state index contributed by atoms with van der Waals surface area (Å²) in [6.07, 6.45) is 1.79. The zero-order chi connectivity index (χ0) is 15.2. The number of esters is 1. The fourth-order valence-corrected chi connectivity index (χ4v) is 1.99. The van der Waals surface area contributed by atoms with Crippen LogP contribution in [0.4, 0.5) is 11.4 Å². The van der Waals surface area contributed by atoms with E-state index in [9.17, 15) is 14.9 Å². The number of rotatable bonds is 6. The number of carbonyl (C=O) groups excluding carboxylic acids is 1. The second-order valence-corrected chi connectivity index (χ2v) is 4.27. The van der Waals surface area contributed by atoms with E-state index in [1.165, 1.54) is 6.07 Å². The highest BCUT2D eigenvalue weighted by atomic mass is 16.6. The molecule has 0 bridgehead atoms. The van der Waals surface area contributed by atoms with Gasteiger partial charge in [0.2, 0.25) is 0 Å². The molecule has 0 aliphatic heterocycles. The molecule has 0 radical (unpaired) electrons. The van der Waals surface area contributed by atoms with E-state index >= 15 is 0 Å². The topological polar surface area (TPSA) is 94.4 Å². The molecule has 0 aliphatic rings. The van der Waals surface area contributed by atoms with E-state index in [0.29, 0.717) is 29.7 Å². The molecule has 0 fully saturated rings. The molecule has 7 nitrogen and oxygen atoms in total. The van der Waals surface area contributed by atoms with Crippen molar-refractivity contribution in [3.63, 3.8) is 0 Å². The summed E-state index contributed by atoms with van der Waals surface area (Å²) >= 11 is 0. The molecule has 0 saturated heterocycles. The Hall–Kier alpha value is -2.70. The maximum absolute atomic E-state index is 11.3. The minimum absolute atomic E-state index is 0.00837. The second-order valence-electron chi connectivity index (χ2n) is 4.27. The largest absolute Gasteiger partial charge is 0.466 e. The summed E-state index contributed by atoms with van der Waals surface area (Å²) in [4.78, 5) is 26.0. The summed E-state index contributed by atoms with van der Waals surface area (Å²) in [5.41, 5.74) is 1.17. The molecule has 1 heterocycles. The Morgan fingerprint density at radius 2 is 2.24 bits per heavy atom. The number of hydrogen-bond acceptors (Lipinski definition) is 6. The van der Waals surface area contributed by atoms with Gasteiger partial charge in [-0.1, -0.05) is 0 Å². The summed E-state index contributed by atoms with van der Waals surface area (Å²) in [5, 5.41) is 14.5. The monoisotopic (exact) mass is 289 g/mol. The lowest BCUT2D eigenvalue weighted by molar-refractivity contribution is -0.383. The third-order valence-corrected chi connectivity index (χ3v) is 2.89. The SMILES string of the molecule is CCOC(=O)CCNc1ccc([N+](=O)[O-])c2cccnc12. The van der Waals surface area contributed by atoms with Gasteiger partial charge in [0.25, 0.3) is 5.69 Å². The van der Waals surface area contributed by atoms with Crippen LogP contribution < -0.4 is 5.32 Å². The van der Waals surface area contributed by atoms with Crippen LogP contribution in [0.25, 0.3) is 10.9 Å². The van der Waals surface area contributed by atoms with Crippen molar-refractivity contribution >= 4 is 28.2 Å². The molecule has 0 aliphatic carbocycles. The number of hydrogen-bond donors (Lipinski definition) is 1. The third kappa shape index (κ3) is 3.44. The number of ether oxygens (including phenoxy) is 1. The summed E-state index contributed by atoms with van der Waals surface area (Å²) < 4.78 is 4.83. The number of anilines is 1. The average molecular weight is 289 g/mol. The normalized spacial score (nSPS) is 10.3. The minimum atomic E-state index is -0.438. The molecule has 7 heteroatoms. The van der Waals surface area contributed by atoms with Gasteiger partial charge in [-0.25, -0.2) is 0 Å². The van der Waals surface area contributed by atoms with Crippen molar-refractivity contribution in [1.29, 1.82) is 0 Å². The van der Waals surface area contributed by atoms with Gasteiger partial charge in [0.1, 0.15) is 5.52 Å². The van der Waals surface area contributed by atoms with E-state index < -0.39 is 4.92 Å². The third-order valence-electron chi connectivity index (χ3n) is 2.89. The maximum atomic E-state index is 11.3. The molecule has 1 N–H and O–H groups in total. The predicted molar refractivity (Wildman–Crippen MR) is 78.1 cm³/mol.